The Morgan fingerprint density at radius 1 is 1.43 bits per heavy atom. The molecule has 0 radical (unpaired) electrons. The molecular weight excluding hydrogens is 300 g/mol. The molecule has 0 spiro atoms. The van der Waals surface area contributed by atoms with E-state index in [1.54, 1.807) is 7.11 Å². The van der Waals surface area contributed by atoms with Crippen LogP contribution in [0, 0.1) is 0 Å². The SMILES string of the molecule is COC(=O)Cn1nnnc1C(NCCN)c1cccc(OC)c1. The summed E-state index contributed by atoms with van der Waals surface area (Å²) < 4.78 is 11.3. The Bertz CT molecular complexity index is 645. The van der Waals surface area contributed by atoms with Crippen molar-refractivity contribution in [2.75, 3.05) is 27.3 Å². The summed E-state index contributed by atoms with van der Waals surface area (Å²) in [5, 5.41) is 14.8. The van der Waals surface area contributed by atoms with Crippen LogP contribution in [0.25, 0.3) is 0 Å². The molecule has 0 aliphatic carbocycles. The Kier molecular flexibility index (Phi) is 6.01. The molecule has 1 aromatic carbocycles. The zero-order chi connectivity index (χ0) is 16.7. The van der Waals surface area contributed by atoms with E-state index >= 15 is 0 Å². The highest BCUT2D eigenvalue weighted by Gasteiger charge is 2.22. The number of hydrogen-bond acceptors (Lipinski definition) is 8. The second kappa shape index (κ2) is 8.20. The van der Waals surface area contributed by atoms with Crippen molar-refractivity contribution in [3.05, 3.63) is 35.7 Å². The first-order valence-corrected chi connectivity index (χ1v) is 7.10. The molecular formula is C14H20N6O3. The van der Waals surface area contributed by atoms with E-state index in [0.717, 1.165) is 5.56 Å². The second-order valence-corrected chi connectivity index (χ2v) is 4.72. The summed E-state index contributed by atoms with van der Waals surface area (Å²) in [5.74, 6) is 0.785. The smallest absolute Gasteiger partial charge is 0.327 e. The molecule has 1 aromatic heterocycles. The molecule has 2 aromatic rings. The summed E-state index contributed by atoms with van der Waals surface area (Å²) >= 11 is 0. The molecule has 1 heterocycles. The van der Waals surface area contributed by atoms with Gasteiger partial charge in [0, 0.05) is 13.1 Å². The lowest BCUT2D eigenvalue weighted by molar-refractivity contribution is -0.141. The minimum absolute atomic E-state index is 0.0659. The fourth-order valence-corrected chi connectivity index (χ4v) is 2.12. The van der Waals surface area contributed by atoms with Gasteiger partial charge in [0.15, 0.2) is 5.82 Å². The number of tetrazole rings is 1. The molecule has 9 nitrogen and oxygen atoms in total. The predicted octanol–water partition coefficient (Wildman–Crippen LogP) is -0.508. The van der Waals surface area contributed by atoms with E-state index in [1.165, 1.54) is 11.8 Å². The van der Waals surface area contributed by atoms with Gasteiger partial charge in [0.2, 0.25) is 0 Å². The van der Waals surface area contributed by atoms with Crippen molar-refractivity contribution in [3.8, 4) is 5.75 Å². The molecule has 1 atom stereocenters. The van der Waals surface area contributed by atoms with E-state index in [4.69, 9.17) is 10.5 Å². The Morgan fingerprint density at radius 2 is 2.26 bits per heavy atom. The monoisotopic (exact) mass is 320 g/mol. The average Bonchev–Trinajstić information content (AvgIpc) is 3.03. The normalized spacial score (nSPS) is 12.0. The van der Waals surface area contributed by atoms with Crippen molar-refractivity contribution in [2.45, 2.75) is 12.6 Å². The van der Waals surface area contributed by atoms with Gasteiger partial charge in [0.1, 0.15) is 12.3 Å². The van der Waals surface area contributed by atoms with E-state index in [2.05, 4.69) is 25.6 Å². The number of carbonyl (C=O) groups excluding carboxylic acids is 1. The van der Waals surface area contributed by atoms with Gasteiger partial charge in [0.25, 0.3) is 0 Å². The van der Waals surface area contributed by atoms with Gasteiger partial charge in [-0.3, -0.25) is 4.79 Å². The third-order valence-corrected chi connectivity index (χ3v) is 3.24. The van der Waals surface area contributed by atoms with Crippen LogP contribution in [0.1, 0.15) is 17.4 Å². The Labute approximate surface area is 133 Å². The topological polar surface area (TPSA) is 117 Å². The van der Waals surface area contributed by atoms with Crippen molar-refractivity contribution in [3.63, 3.8) is 0 Å². The van der Waals surface area contributed by atoms with Crippen LogP contribution in [-0.4, -0.2) is 53.5 Å². The number of nitrogens with one attached hydrogen (secondary N) is 1. The Hall–Kier alpha value is -2.52. The molecule has 0 saturated heterocycles. The minimum Gasteiger partial charge on any atom is -0.497 e. The molecule has 1 unspecified atom stereocenters. The number of aromatic nitrogens is 4. The number of carbonyl (C=O) groups is 1. The van der Waals surface area contributed by atoms with Crippen LogP contribution in [0.15, 0.2) is 24.3 Å². The molecule has 0 aliphatic rings. The number of benzene rings is 1. The van der Waals surface area contributed by atoms with Crippen LogP contribution < -0.4 is 15.8 Å². The maximum Gasteiger partial charge on any atom is 0.327 e. The zero-order valence-corrected chi connectivity index (χ0v) is 13.1. The number of rotatable bonds is 8. The Balaban J connectivity index is 2.35. The molecule has 124 valence electrons. The third-order valence-electron chi connectivity index (χ3n) is 3.24. The van der Waals surface area contributed by atoms with E-state index in [0.29, 0.717) is 24.7 Å². The van der Waals surface area contributed by atoms with Crippen LogP contribution in [0.3, 0.4) is 0 Å². The molecule has 0 bridgehead atoms. The lowest BCUT2D eigenvalue weighted by Gasteiger charge is -2.18. The van der Waals surface area contributed by atoms with Crippen molar-refractivity contribution in [2.24, 2.45) is 5.73 Å². The number of hydrogen-bond donors (Lipinski definition) is 2. The molecule has 2 rings (SSSR count). The molecule has 0 saturated carbocycles. The zero-order valence-electron chi connectivity index (χ0n) is 13.1. The van der Waals surface area contributed by atoms with Gasteiger partial charge in [-0.15, -0.1) is 5.10 Å². The number of esters is 1. The predicted molar refractivity (Wildman–Crippen MR) is 81.7 cm³/mol. The summed E-state index contributed by atoms with van der Waals surface area (Å²) in [6.45, 7) is 0.954. The van der Waals surface area contributed by atoms with E-state index in [9.17, 15) is 4.79 Å². The molecule has 9 heteroatoms. The molecule has 0 aliphatic heterocycles. The maximum absolute atomic E-state index is 11.5. The first kappa shape index (κ1) is 16.8. The summed E-state index contributed by atoms with van der Waals surface area (Å²) in [7, 11) is 2.92. The van der Waals surface area contributed by atoms with Crippen molar-refractivity contribution >= 4 is 5.97 Å². The summed E-state index contributed by atoms with van der Waals surface area (Å²) in [5.41, 5.74) is 6.49. The summed E-state index contributed by atoms with van der Waals surface area (Å²) in [6.07, 6.45) is 0. The highest BCUT2D eigenvalue weighted by atomic mass is 16.5. The molecule has 0 amide bonds. The highest BCUT2D eigenvalue weighted by Crippen LogP contribution is 2.23. The van der Waals surface area contributed by atoms with E-state index in [1.807, 2.05) is 24.3 Å². The molecule has 3 N–H and O–H groups in total. The first-order chi connectivity index (χ1) is 11.2. The third kappa shape index (κ3) is 4.24. The van der Waals surface area contributed by atoms with Crippen LogP contribution in [-0.2, 0) is 16.1 Å². The number of nitrogens with two attached hydrogens (primary N) is 1. The van der Waals surface area contributed by atoms with Crippen molar-refractivity contribution < 1.29 is 14.3 Å². The molecule has 0 fully saturated rings. The maximum atomic E-state index is 11.5. The fourth-order valence-electron chi connectivity index (χ4n) is 2.12. The van der Waals surface area contributed by atoms with Crippen LogP contribution >= 0.6 is 0 Å². The van der Waals surface area contributed by atoms with Crippen LogP contribution in [0.5, 0.6) is 5.75 Å². The van der Waals surface area contributed by atoms with E-state index in [-0.39, 0.29) is 12.6 Å². The van der Waals surface area contributed by atoms with Gasteiger partial charge < -0.3 is 20.5 Å². The highest BCUT2D eigenvalue weighted by molar-refractivity contribution is 5.68. The van der Waals surface area contributed by atoms with Crippen molar-refractivity contribution in [1.29, 1.82) is 0 Å². The van der Waals surface area contributed by atoms with Crippen molar-refractivity contribution in [1.82, 2.24) is 25.5 Å². The first-order valence-electron chi connectivity index (χ1n) is 7.10. The Morgan fingerprint density at radius 3 is 2.96 bits per heavy atom. The number of ether oxygens (including phenoxy) is 2. The lowest BCUT2D eigenvalue weighted by atomic mass is 10.1. The van der Waals surface area contributed by atoms with Gasteiger partial charge in [-0.25, -0.2) is 4.68 Å². The van der Waals surface area contributed by atoms with Gasteiger partial charge in [-0.1, -0.05) is 12.1 Å². The number of nitrogens with zero attached hydrogens (tertiary/aromatic N) is 4. The van der Waals surface area contributed by atoms with Gasteiger partial charge in [0.05, 0.1) is 20.3 Å². The van der Waals surface area contributed by atoms with E-state index < -0.39 is 5.97 Å². The second-order valence-electron chi connectivity index (χ2n) is 4.72. The van der Waals surface area contributed by atoms with Crippen LogP contribution in [0.2, 0.25) is 0 Å². The largest absolute Gasteiger partial charge is 0.497 e. The van der Waals surface area contributed by atoms with Gasteiger partial charge in [-0.2, -0.15) is 0 Å². The van der Waals surface area contributed by atoms with Gasteiger partial charge >= 0.3 is 5.97 Å². The quantitative estimate of drug-likeness (QED) is 0.625. The summed E-state index contributed by atoms with van der Waals surface area (Å²) in [4.78, 5) is 11.5. The standard InChI is InChI=1S/C14H20N6O3/c1-22-11-5-3-4-10(8-11)13(16-7-6-15)14-17-18-19-20(14)9-12(21)23-2/h3-5,8,13,16H,6-7,9,15H2,1-2H3. The van der Waals surface area contributed by atoms with Gasteiger partial charge in [-0.05, 0) is 28.1 Å². The molecule has 23 heavy (non-hydrogen) atoms. The fraction of sp³-hybridized carbons (Fsp3) is 0.429. The lowest BCUT2D eigenvalue weighted by Crippen LogP contribution is -2.31. The minimum atomic E-state index is -0.429. The average molecular weight is 320 g/mol. The van der Waals surface area contributed by atoms with Crippen LogP contribution in [0.4, 0.5) is 0 Å². The summed E-state index contributed by atoms with van der Waals surface area (Å²) in [6, 6.07) is 7.20. The number of methoxy groups -OCH3 is 2.